The van der Waals surface area contributed by atoms with Crippen LogP contribution in [0.3, 0.4) is 0 Å². The molecule has 0 spiro atoms. The van der Waals surface area contributed by atoms with E-state index < -0.39 is 10.0 Å². The Hall–Kier alpha value is -2.18. The Kier molecular flexibility index (Phi) is 7.89. The number of benzene rings is 2. The van der Waals surface area contributed by atoms with E-state index in [4.69, 9.17) is 0 Å². The van der Waals surface area contributed by atoms with Gasteiger partial charge >= 0.3 is 0 Å². The fourth-order valence-corrected chi connectivity index (χ4v) is 5.61. The lowest BCUT2D eigenvalue weighted by Crippen LogP contribution is -2.44. The van der Waals surface area contributed by atoms with Crippen molar-refractivity contribution in [3.8, 4) is 0 Å². The van der Waals surface area contributed by atoms with Crippen LogP contribution < -0.4 is 5.32 Å². The molecule has 0 bridgehead atoms. The third-order valence-corrected chi connectivity index (χ3v) is 8.27. The molecular weight excluding hydrogens is 408 g/mol. The predicted molar refractivity (Wildman–Crippen MR) is 125 cm³/mol. The maximum absolute atomic E-state index is 12.7. The van der Waals surface area contributed by atoms with Gasteiger partial charge in [-0.05, 0) is 68.7 Å². The monoisotopic (exact) mass is 442 g/mol. The average molecular weight is 443 g/mol. The first-order chi connectivity index (χ1) is 14.8. The number of piperidine rings is 1. The van der Waals surface area contributed by atoms with Gasteiger partial charge in [-0.15, -0.1) is 0 Å². The normalized spacial score (nSPS) is 16.7. The van der Waals surface area contributed by atoms with Crippen molar-refractivity contribution in [3.63, 3.8) is 0 Å². The molecule has 0 aromatic heterocycles. The van der Waals surface area contributed by atoms with Gasteiger partial charge in [-0.3, -0.25) is 4.79 Å². The van der Waals surface area contributed by atoms with Gasteiger partial charge in [0, 0.05) is 19.0 Å². The predicted octanol–water partition coefficient (Wildman–Crippen LogP) is 4.16. The molecule has 0 aliphatic carbocycles. The number of rotatable bonds is 8. The first-order valence-corrected chi connectivity index (χ1v) is 12.8. The fourth-order valence-electron chi connectivity index (χ4n) is 4.08. The van der Waals surface area contributed by atoms with Crippen LogP contribution in [-0.4, -0.2) is 37.5 Å². The summed E-state index contributed by atoms with van der Waals surface area (Å²) in [6, 6.07) is 16.1. The minimum absolute atomic E-state index is 0.0202. The van der Waals surface area contributed by atoms with Gasteiger partial charge in [0.1, 0.15) is 0 Å². The van der Waals surface area contributed by atoms with Crippen molar-refractivity contribution in [2.24, 2.45) is 5.92 Å². The molecule has 6 heteroatoms. The number of nitrogens with one attached hydrogen (secondary N) is 1. The van der Waals surface area contributed by atoms with Gasteiger partial charge in [-0.2, -0.15) is 0 Å². The Balaban J connectivity index is 1.46. The first-order valence-electron chi connectivity index (χ1n) is 11.2. The molecule has 168 valence electrons. The van der Waals surface area contributed by atoms with Crippen molar-refractivity contribution in [3.05, 3.63) is 70.8 Å². The summed E-state index contributed by atoms with van der Waals surface area (Å²) in [6.07, 6.45) is 2.52. The maximum atomic E-state index is 12.7. The number of carbonyl (C=O) groups is 1. The zero-order valence-corrected chi connectivity index (χ0v) is 19.6. The van der Waals surface area contributed by atoms with E-state index >= 15 is 0 Å². The number of nitrogens with zero attached hydrogens (tertiary/aromatic N) is 1. The number of hydrogen-bond acceptors (Lipinski definition) is 3. The van der Waals surface area contributed by atoms with Crippen LogP contribution in [0, 0.1) is 19.8 Å². The number of carbonyl (C=O) groups excluding carboxylic acids is 1. The summed E-state index contributed by atoms with van der Waals surface area (Å²) in [4.78, 5) is 12.7. The van der Waals surface area contributed by atoms with E-state index in [0.29, 0.717) is 32.4 Å². The molecule has 2 aromatic carbocycles. The van der Waals surface area contributed by atoms with Crippen LogP contribution in [0.5, 0.6) is 0 Å². The van der Waals surface area contributed by atoms with Gasteiger partial charge in [0.25, 0.3) is 0 Å². The topological polar surface area (TPSA) is 66.5 Å². The van der Waals surface area contributed by atoms with E-state index in [1.54, 1.807) is 4.31 Å². The summed E-state index contributed by atoms with van der Waals surface area (Å²) < 4.78 is 27.0. The highest BCUT2D eigenvalue weighted by Gasteiger charge is 2.31. The van der Waals surface area contributed by atoms with Crippen LogP contribution >= 0.6 is 0 Å². The second-order valence-corrected chi connectivity index (χ2v) is 10.7. The molecule has 3 rings (SSSR count). The maximum Gasteiger partial charge on any atom is 0.223 e. The number of amides is 1. The number of sulfonamides is 1. The molecule has 1 amide bonds. The molecule has 1 heterocycles. The van der Waals surface area contributed by atoms with E-state index in [9.17, 15) is 13.2 Å². The quantitative estimate of drug-likeness (QED) is 0.668. The van der Waals surface area contributed by atoms with Crippen LogP contribution in [0.2, 0.25) is 0 Å². The molecule has 0 unspecified atom stereocenters. The van der Waals surface area contributed by atoms with Crippen molar-refractivity contribution < 1.29 is 13.2 Å². The lowest BCUT2D eigenvalue weighted by atomic mass is 9.96. The Labute approximate surface area is 186 Å². The highest BCUT2D eigenvalue weighted by molar-refractivity contribution is 7.89. The molecular formula is C25H34N2O3S. The van der Waals surface area contributed by atoms with E-state index in [0.717, 1.165) is 17.5 Å². The minimum Gasteiger partial charge on any atom is -0.349 e. The smallest absolute Gasteiger partial charge is 0.223 e. The first kappa shape index (κ1) is 23.5. The third-order valence-electron chi connectivity index (χ3n) is 6.32. The van der Waals surface area contributed by atoms with E-state index in [2.05, 4.69) is 37.4 Å². The second-order valence-electron chi connectivity index (χ2n) is 8.65. The molecule has 1 saturated heterocycles. The molecule has 1 atom stereocenters. The van der Waals surface area contributed by atoms with Crippen LogP contribution in [-0.2, 0) is 21.2 Å². The van der Waals surface area contributed by atoms with Gasteiger partial charge in [0.05, 0.1) is 11.8 Å². The Morgan fingerprint density at radius 1 is 1.06 bits per heavy atom. The van der Waals surface area contributed by atoms with Gasteiger partial charge < -0.3 is 5.32 Å². The van der Waals surface area contributed by atoms with E-state index in [1.165, 1.54) is 11.1 Å². The van der Waals surface area contributed by atoms with Crippen LogP contribution in [0.15, 0.2) is 48.5 Å². The SMILES string of the molecule is Cc1ccc([C@@H](C)NC(=O)C2CCN(S(=O)(=O)CCCc3ccccc3)CC2)cc1C. The van der Waals surface area contributed by atoms with Crippen molar-refractivity contribution in [1.82, 2.24) is 9.62 Å². The van der Waals surface area contributed by atoms with Gasteiger partial charge in [0.15, 0.2) is 0 Å². The largest absolute Gasteiger partial charge is 0.349 e. The zero-order valence-electron chi connectivity index (χ0n) is 18.8. The van der Waals surface area contributed by atoms with Crippen LogP contribution in [0.25, 0.3) is 0 Å². The molecule has 5 nitrogen and oxygen atoms in total. The summed E-state index contributed by atoms with van der Waals surface area (Å²) in [5, 5.41) is 3.11. The van der Waals surface area contributed by atoms with Gasteiger partial charge in [0.2, 0.25) is 15.9 Å². The molecule has 0 radical (unpaired) electrons. The molecule has 31 heavy (non-hydrogen) atoms. The van der Waals surface area contributed by atoms with E-state index in [-0.39, 0.29) is 23.6 Å². The van der Waals surface area contributed by atoms with Crippen LogP contribution in [0.4, 0.5) is 0 Å². The van der Waals surface area contributed by atoms with Crippen LogP contribution in [0.1, 0.15) is 54.5 Å². The molecule has 1 aliphatic heterocycles. The average Bonchev–Trinajstić information content (AvgIpc) is 2.76. The summed E-state index contributed by atoms with van der Waals surface area (Å²) in [5.41, 5.74) is 4.70. The highest BCUT2D eigenvalue weighted by atomic mass is 32.2. The van der Waals surface area contributed by atoms with Crippen molar-refractivity contribution in [2.75, 3.05) is 18.8 Å². The second kappa shape index (κ2) is 10.4. The molecule has 2 aromatic rings. The molecule has 1 N–H and O–H groups in total. The minimum atomic E-state index is -3.28. The Morgan fingerprint density at radius 3 is 2.39 bits per heavy atom. The number of aryl methyl sites for hydroxylation is 3. The third kappa shape index (κ3) is 6.40. The van der Waals surface area contributed by atoms with Crippen molar-refractivity contribution in [1.29, 1.82) is 0 Å². The standard InChI is InChI=1S/C25H34N2O3S/c1-19-11-12-24(18-20(19)2)21(3)26-25(28)23-13-15-27(16-14-23)31(29,30)17-7-10-22-8-5-4-6-9-22/h4-6,8-9,11-12,18,21,23H,7,10,13-17H2,1-3H3,(H,26,28)/t21-/m1/s1. The highest BCUT2D eigenvalue weighted by Crippen LogP contribution is 2.23. The van der Waals surface area contributed by atoms with Crippen molar-refractivity contribution >= 4 is 15.9 Å². The van der Waals surface area contributed by atoms with Gasteiger partial charge in [-0.25, -0.2) is 12.7 Å². The Morgan fingerprint density at radius 2 is 1.74 bits per heavy atom. The summed E-state index contributed by atoms with van der Waals surface area (Å²) in [5.74, 6) is 0.0411. The zero-order chi connectivity index (χ0) is 22.4. The summed E-state index contributed by atoms with van der Waals surface area (Å²) in [7, 11) is -3.28. The molecule has 1 aliphatic rings. The molecule has 1 fully saturated rings. The molecule has 0 saturated carbocycles. The summed E-state index contributed by atoms with van der Waals surface area (Å²) in [6.45, 7) is 6.98. The lowest BCUT2D eigenvalue weighted by Gasteiger charge is -2.31. The number of hydrogen-bond donors (Lipinski definition) is 1. The Bertz CT molecular complexity index is 981. The lowest BCUT2D eigenvalue weighted by molar-refractivity contribution is -0.126. The van der Waals surface area contributed by atoms with E-state index in [1.807, 2.05) is 37.3 Å². The fraction of sp³-hybridized carbons (Fsp3) is 0.480. The summed E-state index contributed by atoms with van der Waals surface area (Å²) >= 11 is 0. The van der Waals surface area contributed by atoms with Gasteiger partial charge in [-0.1, -0.05) is 48.5 Å². The van der Waals surface area contributed by atoms with Crippen molar-refractivity contribution in [2.45, 2.75) is 52.5 Å².